The number of likely N-dealkylation sites (N-methyl/N-ethyl adjacent to an activating group) is 1. The molecule has 0 heterocycles. The SMILES string of the molecule is CC/C=C/C=C/C=C/C=C/CCCCCCCC(=O)OC[C@@H](COP(=O)([O-])OCC[N+](C)(C)C)OC(=O)CCCCCCCCCCC. The van der Waals surface area contributed by atoms with Gasteiger partial charge in [-0.2, -0.15) is 0 Å². The number of hydrogen-bond acceptors (Lipinski definition) is 8. The van der Waals surface area contributed by atoms with Crippen LogP contribution in [0.3, 0.4) is 0 Å². The number of allylic oxidation sites excluding steroid dienone is 8. The Morgan fingerprint density at radius 2 is 1.19 bits per heavy atom. The van der Waals surface area contributed by atoms with E-state index in [2.05, 4.69) is 32.1 Å². The van der Waals surface area contributed by atoms with Crippen molar-refractivity contribution in [3.63, 3.8) is 0 Å². The van der Waals surface area contributed by atoms with E-state index in [1.807, 2.05) is 51.5 Å². The Morgan fingerprint density at radius 1 is 0.667 bits per heavy atom. The minimum Gasteiger partial charge on any atom is -0.756 e. The van der Waals surface area contributed by atoms with Gasteiger partial charge in [0, 0.05) is 12.8 Å². The highest BCUT2D eigenvalue weighted by Crippen LogP contribution is 2.38. The molecule has 48 heavy (non-hydrogen) atoms. The number of unbranched alkanes of at least 4 members (excludes halogenated alkanes) is 13. The van der Waals surface area contributed by atoms with Crippen LogP contribution in [0.4, 0.5) is 0 Å². The van der Waals surface area contributed by atoms with E-state index in [1.54, 1.807) is 0 Å². The van der Waals surface area contributed by atoms with Crippen LogP contribution in [0.15, 0.2) is 48.6 Å². The van der Waals surface area contributed by atoms with Crippen molar-refractivity contribution in [2.75, 3.05) is 47.5 Å². The molecule has 0 fully saturated rings. The Balaban J connectivity index is 4.48. The molecule has 0 aliphatic rings. The number of phosphoric acid groups is 1. The van der Waals surface area contributed by atoms with Gasteiger partial charge in [0.1, 0.15) is 19.8 Å². The number of nitrogens with zero attached hydrogens (tertiary/aromatic N) is 1. The lowest BCUT2D eigenvalue weighted by molar-refractivity contribution is -0.870. The monoisotopic (exact) mass is 697 g/mol. The minimum absolute atomic E-state index is 0.0361. The molecule has 0 amide bonds. The number of quaternary nitrogens is 1. The maximum absolute atomic E-state index is 12.5. The van der Waals surface area contributed by atoms with E-state index < -0.39 is 32.5 Å². The van der Waals surface area contributed by atoms with Gasteiger partial charge in [0.15, 0.2) is 6.10 Å². The quantitative estimate of drug-likeness (QED) is 0.0225. The van der Waals surface area contributed by atoms with Crippen molar-refractivity contribution in [1.82, 2.24) is 0 Å². The molecule has 0 aliphatic heterocycles. The van der Waals surface area contributed by atoms with E-state index in [0.29, 0.717) is 23.9 Å². The highest BCUT2D eigenvalue weighted by atomic mass is 31.2. The molecule has 9 nitrogen and oxygen atoms in total. The van der Waals surface area contributed by atoms with Gasteiger partial charge in [-0.25, -0.2) is 0 Å². The normalized spacial score (nSPS) is 14.4. The van der Waals surface area contributed by atoms with E-state index in [0.717, 1.165) is 57.8 Å². The Labute approximate surface area is 293 Å². The number of carbonyl (C=O) groups is 2. The van der Waals surface area contributed by atoms with Crippen molar-refractivity contribution in [1.29, 1.82) is 0 Å². The Hall–Kier alpha value is -2.03. The lowest BCUT2D eigenvalue weighted by atomic mass is 10.1. The standard InChI is InChI=1S/C38H68NO8P/c1-6-8-10-12-14-16-17-18-19-20-21-23-24-26-28-30-37(40)44-34-36(35-46-48(42,43)45-33-32-39(3,4)5)47-38(41)31-29-27-25-22-15-13-11-9-7-2/h8,10,12,14,16-19,36H,6-7,9,11,13,15,20-35H2,1-5H3/b10-8+,14-12+,17-16+,19-18+/t36-/m0/s1. The molecule has 0 aromatic rings. The molecular formula is C38H68NO8P. The first-order chi connectivity index (χ1) is 23.0. The number of carbonyl (C=O) groups excluding carboxylic acids is 2. The van der Waals surface area contributed by atoms with Gasteiger partial charge in [0.2, 0.25) is 0 Å². The molecule has 0 saturated heterocycles. The largest absolute Gasteiger partial charge is 0.756 e. The molecule has 0 aliphatic carbocycles. The van der Waals surface area contributed by atoms with Gasteiger partial charge in [0.05, 0.1) is 27.7 Å². The fourth-order valence-electron chi connectivity index (χ4n) is 4.55. The zero-order valence-electron chi connectivity index (χ0n) is 30.9. The van der Waals surface area contributed by atoms with Crippen LogP contribution in [0.1, 0.15) is 129 Å². The van der Waals surface area contributed by atoms with Crippen LogP contribution < -0.4 is 4.89 Å². The second-order valence-corrected chi connectivity index (χ2v) is 14.7. The summed E-state index contributed by atoms with van der Waals surface area (Å²) in [5.41, 5.74) is 0. The molecule has 2 atom stereocenters. The second kappa shape index (κ2) is 31.0. The van der Waals surface area contributed by atoms with E-state index in [4.69, 9.17) is 18.5 Å². The first-order valence-electron chi connectivity index (χ1n) is 18.4. The van der Waals surface area contributed by atoms with Gasteiger partial charge >= 0.3 is 11.9 Å². The minimum atomic E-state index is -4.62. The third-order valence-corrected chi connectivity index (χ3v) is 8.42. The molecule has 0 spiro atoms. The summed E-state index contributed by atoms with van der Waals surface area (Å²) < 4.78 is 33.6. The first kappa shape index (κ1) is 46.0. The van der Waals surface area contributed by atoms with Crippen molar-refractivity contribution < 1.29 is 42.1 Å². The van der Waals surface area contributed by atoms with Crippen molar-refractivity contribution in [3.8, 4) is 0 Å². The Kier molecular flexibility index (Phi) is 29.7. The third kappa shape index (κ3) is 33.9. The van der Waals surface area contributed by atoms with E-state index in [1.165, 1.54) is 32.1 Å². The van der Waals surface area contributed by atoms with Crippen LogP contribution in [0.5, 0.6) is 0 Å². The van der Waals surface area contributed by atoms with Gasteiger partial charge in [0.25, 0.3) is 7.82 Å². The molecule has 0 bridgehead atoms. The molecule has 0 aromatic carbocycles. The first-order valence-corrected chi connectivity index (χ1v) is 19.9. The highest BCUT2D eigenvalue weighted by Gasteiger charge is 2.21. The molecule has 10 heteroatoms. The zero-order valence-corrected chi connectivity index (χ0v) is 31.8. The fraction of sp³-hybridized carbons (Fsp3) is 0.737. The summed E-state index contributed by atoms with van der Waals surface area (Å²) in [4.78, 5) is 37.2. The summed E-state index contributed by atoms with van der Waals surface area (Å²) in [5.74, 6) is -0.870. The molecular weight excluding hydrogens is 629 g/mol. The van der Waals surface area contributed by atoms with Crippen LogP contribution in [0.25, 0.3) is 0 Å². The predicted molar refractivity (Wildman–Crippen MR) is 194 cm³/mol. The predicted octanol–water partition coefficient (Wildman–Crippen LogP) is 8.94. The van der Waals surface area contributed by atoms with Crippen molar-refractivity contribution in [2.24, 2.45) is 0 Å². The van der Waals surface area contributed by atoms with Gasteiger partial charge < -0.3 is 27.9 Å². The molecule has 0 saturated carbocycles. The van der Waals surface area contributed by atoms with Crippen LogP contribution in [-0.4, -0.2) is 70.0 Å². The zero-order chi connectivity index (χ0) is 35.8. The summed E-state index contributed by atoms with van der Waals surface area (Å²) in [6.45, 7) is 4.00. The Morgan fingerprint density at radius 3 is 1.77 bits per heavy atom. The average molecular weight is 698 g/mol. The summed E-state index contributed by atoms with van der Waals surface area (Å²) in [6.07, 6.45) is 32.9. The smallest absolute Gasteiger partial charge is 0.306 e. The van der Waals surface area contributed by atoms with E-state index >= 15 is 0 Å². The summed E-state index contributed by atoms with van der Waals surface area (Å²) in [5, 5.41) is 0. The van der Waals surface area contributed by atoms with Gasteiger partial charge in [-0.15, -0.1) is 0 Å². The number of phosphoric ester groups is 1. The van der Waals surface area contributed by atoms with E-state index in [-0.39, 0.29) is 26.1 Å². The summed E-state index contributed by atoms with van der Waals surface area (Å²) in [6, 6.07) is 0. The lowest BCUT2D eigenvalue weighted by Gasteiger charge is -2.28. The van der Waals surface area contributed by atoms with Crippen LogP contribution in [0.2, 0.25) is 0 Å². The maximum atomic E-state index is 12.5. The van der Waals surface area contributed by atoms with Crippen LogP contribution in [0, 0.1) is 0 Å². The topological polar surface area (TPSA) is 111 Å². The van der Waals surface area contributed by atoms with Gasteiger partial charge in [-0.3, -0.25) is 14.2 Å². The molecule has 0 rings (SSSR count). The van der Waals surface area contributed by atoms with Gasteiger partial charge in [-0.05, 0) is 32.1 Å². The molecule has 0 aromatic heterocycles. The van der Waals surface area contributed by atoms with Crippen LogP contribution in [-0.2, 0) is 32.7 Å². The molecule has 0 N–H and O–H groups in total. The summed E-state index contributed by atoms with van der Waals surface area (Å²) >= 11 is 0. The molecule has 278 valence electrons. The maximum Gasteiger partial charge on any atom is 0.306 e. The molecule has 0 radical (unpaired) electrons. The highest BCUT2D eigenvalue weighted by molar-refractivity contribution is 7.45. The van der Waals surface area contributed by atoms with Crippen molar-refractivity contribution in [3.05, 3.63) is 48.6 Å². The number of rotatable bonds is 32. The fourth-order valence-corrected chi connectivity index (χ4v) is 5.27. The van der Waals surface area contributed by atoms with Crippen molar-refractivity contribution in [2.45, 2.75) is 136 Å². The number of ether oxygens (including phenoxy) is 2. The summed E-state index contributed by atoms with van der Waals surface area (Å²) in [7, 11) is 1.14. The Bertz CT molecular complexity index is 970. The second-order valence-electron chi connectivity index (χ2n) is 13.3. The van der Waals surface area contributed by atoms with Crippen LogP contribution >= 0.6 is 7.82 Å². The number of esters is 2. The number of hydrogen-bond donors (Lipinski definition) is 0. The average Bonchev–Trinajstić information content (AvgIpc) is 3.02. The third-order valence-electron chi connectivity index (χ3n) is 7.46. The molecule has 1 unspecified atom stereocenters. The van der Waals surface area contributed by atoms with Crippen molar-refractivity contribution >= 4 is 19.8 Å². The lowest BCUT2D eigenvalue weighted by Crippen LogP contribution is -2.37. The van der Waals surface area contributed by atoms with E-state index in [9.17, 15) is 19.0 Å². The van der Waals surface area contributed by atoms with Gasteiger partial charge in [-0.1, -0.05) is 133 Å².